The van der Waals surface area contributed by atoms with Gasteiger partial charge in [-0.05, 0) is 18.1 Å². The highest BCUT2D eigenvalue weighted by atomic mass is 16.5. The molecule has 1 heterocycles. The van der Waals surface area contributed by atoms with Gasteiger partial charge in [-0.2, -0.15) is 0 Å². The maximum Gasteiger partial charge on any atom is 0.239 e. The molecule has 116 valence electrons. The normalized spacial score (nSPS) is 17.0. The van der Waals surface area contributed by atoms with Crippen LogP contribution in [0.5, 0.6) is 5.75 Å². The standard InChI is InChI=1S/C16H25N3O2/c1-12(2)15(17)16(20)19-10-8-18(9-11-19)13-6-4-5-7-14(13)21-3/h4-7,12,15H,8-11,17H2,1-3H3/t15-/m1/s1. The summed E-state index contributed by atoms with van der Waals surface area (Å²) in [4.78, 5) is 16.4. The van der Waals surface area contributed by atoms with Crippen LogP contribution >= 0.6 is 0 Å². The third-order valence-corrected chi connectivity index (χ3v) is 4.02. The second-order valence-electron chi connectivity index (χ2n) is 5.75. The van der Waals surface area contributed by atoms with E-state index >= 15 is 0 Å². The molecule has 0 aliphatic carbocycles. The van der Waals surface area contributed by atoms with E-state index in [9.17, 15) is 4.79 Å². The smallest absolute Gasteiger partial charge is 0.239 e. The van der Waals surface area contributed by atoms with Gasteiger partial charge in [0.05, 0.1) is 18.8 Å². The van der Waals surface area contributed by atoms with Crippen LogP contribution in [0.2, 0.25) is 0 Å². The summed E-state index contributed by atoms with van der Waals surface area (Å²) in [5.41, 5.74) is 7.04. The van der Waals surface area contributed by atoms with Crippen molar-refractivity contribution < 1.29 is 9.53 Å². The maximum atomic E-state index is 12.3. The summed E-state index contributed by atoms with van der Waals surface area (Å²) in [6.07, 6.45) is 0. The number of carbonyl (C=O) groups excluding carboxylic acids is 1. The molecule has 1 fully saturated rings. The van der Waals surface area contributed by atoms with E-state index in [4.69, 9.17) is 10.5 Å². The minimum absolute atomic E-state index is 0.0599. The van der Waals surface area contributed by atoms with Crippen molar-refractivity contribution in [2.24, 2.45) is 11.7 Å². The van der Waals surface area contributed by atoms with Gasteiger partial charge in [-0.15, -0.1) is 0 Å². The van der Waals surface area contributed by atoms with Crippen molar-refractivity contribution >= 4 is 11.6 Å². The van der Waals surface area contributed by atoms with Crippen LogP contribution in [-0.2, 0) is 4.79 Å². The Morgan fingerprint density at radius 2 is 1.81 bits per heavy atom. The molecule has 1 amide bonds. The number of methoxy groups -OCH3 is 1. The van der Waals surface area contributed by atoms with E-state index in [-0.39, 0.29) is 11.8 Å². The highest BCUT2D eigenvalue weighted by Gasteiger charge is 2.27. The Hall–Kier alpha value is -1.75. The van der Waals surface area contributed by atoms with E-state index in [0.29, 0.717) is 13.1 Å². The van der Waals surface area contributed by atoms with Crippen molar-refractivity contribution in [1.82, 2.24) is 4.90 Å². The van der Waals surface area contributed by atoms with Gasteiger partial charge in [0.2, 0.25) is 5.91 Å². The largest absolute Gasteiger partial charge is 0.495 e. The van der Waals surface area contributed by atoms with Gasteiger partial charge in [-0.25, -0.2) is 0 Å². The number of amides is 1. The van der Waals surface area contributed by atoms with Gasteiger partial charge in [-0.1, -0.05) is 26.0 Å². The molecule has 1 atom stereocenters. The lowest BCUT2D eigenvalue weighted by Crippen LogP contribution is -2.54. The molecule has 1 aliphatic rings. The molecular formula is C16H25N3O2. The summed E-state index contributed by atoms with van der Waals surface area (Å²) >= 11 is 0. The minimum atomic E-state index is -0.400. The fourth-order valence-corrected chi connectivity index (χ4v) is 2.55. The number of hydrogen-bond donors (Lipinski definition) is 1. The first-order valence-corrected chi connectivity index (χ1v) is 7.47. The number of piperazine rings is 1. The number of ether oxygens (including phenoxy) is 1. The maximum absolute atomic E-state index is 12.3. The van der Waals surface area contributed by atoms with Crippen molar-refractivity contribution in [3.05, 3.63) is 24.3 Å². The zero-order valence-electron chi connectivity index (χ0n) is 13.1. The molecule has 5 nitrogen and oxygen atoms in total. The highest BCUT2D eigenvalue weighted by molar-refractivity contribution is 5.82. The summed E-state index contributed by atoms with van der Waals surface area (Å²) in [6, 6.07) is 7.58. The van der Waals surface area contributed by atoms with Gasteiger partial charge in [0.1, 0.15) is 5.75 Å². The average Bonchev–Trinajstić information content (AvgIpc) is 2.53. The Morgan fingerprint density at radius 3 is 2.38 bits per heavy atom. The van der Waals surface area contributed by atoms with Crippen LogP contribution in [0.1, 0.15) is 13.8 Å². The molecule has 0 radical (unpaired) electrons. The first-order valence-electron chi connectivity index (χ1n) is 7.47. The predicted molar refractivity (Wildman–Crippen MR) is 84.6 cm³/mol. The Balaban J connectivity index is 1.99. The fourth-order valence-electron chi connectivity index (χ4n) is 2.55. The van der Waals surface area contributed by atoms with E-state index in [1.54, 1.807) is 7.11 Å². The van der Waals surface area contributed by atoms with Crippen molar-refractivity contribution in [3.8, 4) is 5.75 Å². The Bertz CT molecular complexity index is 482. The van der Waals surface area contributed by atoms with Gasteiger partial charge >= 0.3 is 0 Å². The van der Waals surface area contributed by atoms with Crippen LogP contribution < -0.4 is 15.4 Å². The molecule has 5 heteroatoms. The lowest BCUT2D eigenvalue weighted by molar-refractivity contribution is -0.133. The zero-order chi connectivity index (χ0) is 15.4. The van der Waals surface area contributed by atoms with E-state index in [1.807, 2.05) is 36.9 Å². The van der Waals surface area contributed by atoms with Crippen molar-refractivity contribution in [3.63, 3.8) is 0 Å². The van der Waals surface area contributed by atoms with Gasteiger partial charge in [0.15, 0.2) is 0 Å². The fraction of sp³-hybridized carbons (Fsp3) is 0.562. The molecule has 2 N–H and O–H groups in total. The van der Waals surface area contributed by atoms with E-state index in [0.717, 1.165) is 24.5 Å². The number of rotatable bonds is 4. The van der Waals surface area contributed by atoms with Gasteiger partial charge in [-0.3, -0.25) is 4.79 Å². The average molecular weight is 291 g/mol. The Morgan fingerprint density at radius 1 is 1.19 bits per heavy atom. The number of hydrogen-bond acceptors (Lipinski definition) is 4. The summed E-state index contributed by atoms with van der Waals surface area (Å²) in [7, 11) is 1.68. The van der Waals surface area contributed by atoms with Crippen LogP contribution in [-0.4, -0.2) is 50.1 Å². The van der Waals surface area contributed by atoms with E-state index < -0.39 is 6.04 Å². The van der Waals surface area contributed by atoms with E-state index in [1.165, 1.54) is 0 Å². The van der Waals surface area contributed by atoms with Gasteiger partial charge < -0.3 is 20.3 Å². The zero-order valence-corrected chi connectivity index (χ0v) is 13.1. The van der Waals surface area contributed by atoms with Crippen LogP contribution in [0.3, 0.4) is 0 Å². The lowest BCUT2D eigenvalue weighted by Gasteiger charge is -2.38. The molecule has 0 bridgehead atoms. The molecule has 0 spiro atoms. The summed E-state index contributed by atoms with van der Waals surface area (Å²) in [5.74, 6) is 1.10. The molecule has 21 heavy (non-hydrogen) atoms. The van der Waals surface area contributed by atoms with Gasteiger partial charge in [0.25, 0.3) is 0 Å². The lowest BCUT2D eigenvalue weighted by atomic mass is 10.0. The third kappa shape index (κ3) is 3.47. The molecule has 1 aromatic carbocycles. The summed E-state index contributed by atoms with van der Waals surface area (Å²) < 4.78 is 5.40. The SMILES string of the molecule is COc1ccccc1N1CCN(C(=O)[C@H](N)C(C)C)CC1. The third-order valence-electron chi connectivity index (χ3n) is 4.02. The second-order valence-corrected chi connectivity index (χ2v) is 5.75. The van der Waals surface area contributed by atoms with E-state index in [2.05, 4.69) is 11.0 Å². The Kier molecular flexibility index (Phi) is 5.07. The highest BCUT2D eigenvalue weighted by Crippen LogP contribution is 2.28. The first kappa shape index (κ1) is 15.6. The molecular weight excluding hydrogens is 266 g/mol. The minimum Gasteiger partial charge on any atom is -0.495 e. The predicted octanol–water partition coefficient (Wildman–Crippen LogP) is 1.33. The second kappa shape index (κ2) is 6.80. The number of carbonyl (C=O) groups is 1. The number of para-hydroxylation sites is 2. The quantitative estimate of drug-likeness (QED) is 0.909. The van der Waals surface area contributed by atoms with Crippen LogP contribution in [0, 0.1) is 5.92 Å². The molecule has 1 saturated heterocycles. The number of nitrogens with zero attached hydrogens (tertiary/aromatic N) is 2. The molecule has 2 rings (SSSR count). The van der Waals surface area contributed by atoms with Crippen LogP contribution in [0.15, 0.2) is 24.3 Å². The number of nitrogens with two attached hydrogens (primary N) is 1. The monoisotopic (exact) mass is 291 g/mol. The van der Waals surface area contributed by atoms with Crippen molar-refractivity contribution in [1.29, 1.82) is 0 Å². The topological polar surface area (TPSA) is 58.8 Å². The molecule has 1 aliphatic heterocycles. The first-order chi connectivity index (χ1) is 10.0. The molecule has 1 aromatic rings. The van der Waals surface area contributed by atoms with Crippen molar-refractivity contribution in [2.75, 3.05) is 38.2 Å². The van der Waals surface area contributed by atoms with Crippen LogP contribution in [0.25, 0.3) is 0 Å². The van der Waals surface area contributed by atoms with Crippen molar-refractivity contribution in [2.45, 2.75) is 19.9 Å². The molecule has 0 aromatic heterocycles. The Labute approximate surface area is 126 Å². The summed E-state index contributed by atoms with van der Waals surface area (Å²) in [6.45, 7) is 6.98. The van der Waals surface area contributed by atoms with Gasteiger partial charge in [0, 0.05) is 26.2 Å². The van der Waals surface area contributed by atoms with Crippen LogP contribution in [0.4, 0.5) is 5.69 Å². The summed E-state index contributed by atoms with van der Waals surface area (Å²) in [5, 5.41) is 0. The molecule has 0 saturated carbocycles. The number of benzene rings is 1. The molecule has 0 unspecified atom stereocenters. The number of anilines is 1.